The average Bonchev–Trinajstić information content (AvgIpc) is 1.86. The fourth-order valence-corrected chi connectivity index (χ4v) is 0.883. The molecule has 0 saturated heterocycles. The van der Waals surface area contributed by atoms with E-state index in [4.69, 9.17) is 5.11 Å². The van der Waals surface area contributed by atoms with Gasteiger partial charge in [-0.05, 0) is 0 Å². The van der Waals surface area contributed by atoms with Gasteiger partial charge in [0.05, 0.1) is 0 Å². The predicted octanol–water partition coefficient (Wildman–Crippen LogP) is -0.506. The second-order valence-corrected chi connectivity index (χ2v) is 3.71. The zero-order valence-electron chi connectivity index (χ0n) is 8.18. The summed E-state index contributed by atoms with van der Waals surface area (Å²) in [5.74, 6) is 0.206. The summed E-state index contributed by atoms with van der Waals surface area (Å²) in [6, 6.07) is 8.18. The summed E-state index contributed by atoms with van der Waals surface area (Å²) >= 11 is 0. The maximum absolute atomic E-state index is 8.97. The van der Waals surface area contributed by atoms with Crippen LogP contribution in [0.1, 0.15) is 26.3 Å². The maximum atomic E-state index is 8.97. The van der Waals surface area contributed by atoms with Gasteiger partial charge < -0.3 is 5.11 Å². The standard InChI is InChI=1S/C10H13O.Li/c1-10(2,3)8-4-6-9(11)7-5-8;/h4-6,11H,1-3H3;/q-1;+1. The van der Waals surface area contributed by atoms with E-state index in [0.29, 0.717) is 0 Å². The molecule has 2 heteroatoms. The van der Waals surface area contributed by atoms with Crippen LogP contribution >= 0.6 is 0 Å². The van der Waals surface area contributed by atoms with Crippen molar-refractivity contribution < 1.29 is 24.0 Å². The minimum absolute atomic E-state index is 0. The van der Waals surface area contributed by atoms with Crippen molar-refractivity contribution in [3.05, 3.63) is 29.8 Å². The Kier molecular flexibility index (Phi) is 3.90. The molecule has 0 aliphatic rings. The predicted molar refractivity (Wildman–Crippen MR) is 45.6 cm³/mol. The van der Waals surface area contributed by atoms with Crippen LogP contribution in [0.15, 0.2) is 18.2 Å². The van der Waals surface area contributed by atoms with Gasteiger partial charge >= 0.3 is 18.9 Å². The molecule has 0 fully saturated rings. The quantitative estimate of drug-likeness (QED) is 0.396. The van der Waals surface area contributed by atoms with Crippen LogP contribution in [0.25, 0.3) is 0 Å². The second-order valence-electron chi connectivity index (χ2n) is 3.71. The molecular weight excluding hydrogens is 143 g/mol. The largest absolute Gasteiger partial charge is 1.00 e. The number of benzene rings is 1. The fraction of sp³-hybridized carbons (Fsp3) is 0.400. The molecule has 0 aliphatic carbocycles. The van der Waals surface area contributed by atoms with E-state index in [2.05, 4.69) is 26.8 Å². The molecule has 0 amide bonds. The van der Waals surface area contributed by atoms with Crippen molar-refractivity contribution in [2.24, 2.45) is 0 Å². The van der Waals surface area contributed by atoms with Gasteiger partial charge in [-0.25, -0.2) is 0 Å². The number of phenols is 1. The first-order chi connectivity index (χ1) is 5.00. The molecule has 60 valence electrons. The molecule has 0 bridgehead atoms. The molecule has 0 radical (unpaired) electrons. The first-order valence-electron chi connectivity index (χ1n) is 3.71. The van der Waals surface area contributed by atoms with Gasteiger partial charge in [-0.1, -0.05) is 26.2 Å². The summed E-state index contributed by atoms with van der Waals surface area (Å²) in [6.45, 7) is 6.40. The summed E-state index contributed by atoms with van der Waals surface area (Å²) in [5, 5.41) is 8.97. The molecule has 0 aliphatic heterocycles. The number of hydrogen-bond donors (Lipinski definition) is 1. The average molecular weight is 156 g/mol. The number of phenolic OH excluding ortho intramolecular Hbond substituents is 1. The summed E-state index contributed by atoms with van der Waals surface area (Å²) in [6.07, 6.45) is 0. The molecule has 1 aromatic rings. The van der Waals surface area contributed by atoms with E-state index < -0.39 is 0 Å². The third kappa shape index (κ3) is 2.93. The van der Waals surface area contributed by atoms with Gasteiger partial charge in [-0.15, -0.1) is 12.1 Å². The van der Waals surface area contributed by atoms with Gasteiger partial charge in [0.15, 0.2) is 0 Å². The van der Waals surface area contributed by atoms with Crippen LogP contribution in [-0.4, -0.2) is 5.11 Å². The maximum Gasteiger partial charge on any atom is 1.00 e. The molecule has 12 heavy (non-hydrogen) atoms. The van der Waals surface area contributed by atoms with Gasteiger partial charge in [0, 0.05) is 5.75 Å². The Bertz CT molecular complexity index is 233. The van der Waals surface area contributed by atoms with Crippen LogP contribution in [0.5, 0.6) is 5.75 Å². The van der Waals surface area contributed by atoms with E-state index >= 15 is 0 Å². The molecule has 0 unspecified atom stereocenters. The third-order valence-corrected chi connectivity index (χ3v) is 1.66. The minimum atomic E-state index is 0. The van der Waals surface area contributed by atoms with E-state index in [1.54, 1.807) is 6.07 Å². The van der Waals surface area contributed by atoms with Gasteiger partial charge in [0.2, 0.25) is 0 Å². The Morgan fingerprint density at radius 1 is 1.25 bits per heavy atom. The van der Waals surface area contributed by atoms with Crippen LogP contribution < -0.4 is 18.9 Å². The van der Waals surface area contributed by atoms with Crippen molar-refractivity contribution in [3.8, 4) is 5.75 Å². The van der Waals surface area contributed by atoms with Gasteiger partial charge in [-0.2, -0.15) is 17.7 Å². The van der Waals surface area contributed by atoms with Crippen LogP contribution in [0, 0.1) is 6.07 Å². The Hall–Kier alpha value is -0.383. The van der Waals surface area contributed by atoms with Gasteiger partial charge in [0.1, 0.15) is 0 Å². The second kappa shape index (κ2) is 4.03. The topological polar surface area (TPSA) is 20.2 Å². The van der Waals surface area contributed by atoms with E-state index in [1.165, 1.54) is 5.56 Å². The number of aromatic hydroxyl groups is 1. The molecule has 1 N–H and O–H groups in total. The van der Waals surface area contributed by atoms with E-state index in [9.17, 15) is 0 Å². The molecule has 0 atom stereocenters. The first kappa shape index (κ1) is 11.6. The summed E-state index contributed by atoms with van der Waals surface area (Å²) in [5.41, 5.74) is 1.33. The smallest absolute Gasteiger partial charge is 0.534 e. The first-order valence-corrected chi connectivity index (χ1v) is 3.71. The van der Waals surface area contributed by atoms with Crippen LogP contribution in [0.2, 0.25) is 0 Å². The van der Waals surface area contributed by atoms with Crippen molar-refractivity contribution in [3.63, 3.8) is 0 Å². The van der Waals surface area contributed by atoms with Crippen molar-refractivity contribution >= 4 is 0 Å². The van der Waals surface area contributed by atoms with Crippen LogP contribution in [-0.2, 0) is 5.41 Å². The van der Waals surface area contributed by atoms with Crippen LogP contribution in [0.3, 0.4) is 0 Å². The van der Waals surface area contributed by atoms with Gasteiger partial charge in [-0.3, -0.25) is 0 Å². The molecular formula is C10H13LiO. The summed E-state index contributed by atoms with van der Waals surface area (Å²) in [7, 11) is 0. The Labute approximate surface area is 86.0 Å². The fourth-order valence-electron chi connectivity index (χ4n) is 0.883. The SMILES string of the molecule is CC(C)(C)c1c[c-]c(O)cc1.[Li+]. The van der Waals surface area contributed by atoms with Crippen molar-refractivity contribution in [1.29, 1.82) is 0 Å². The minimum Gasteiger partial charge on any atom is -0.534 e. The van der Waals surface area contributed by atoms with Crippen molar-refractivity contribution in [2.45, 2.75) is 26.2 Å². The molecule has 0 heterocycles. The molecule has 0 spiro atoms. The third-order valence-electron chi connectivity index (χ3n) is 1.66. The van der Waals surface area contributed by atoms with Crippen molar-refractivity contribution in [2.75, 3.05) is 0 Å². The Balaban J connectivity index is 0.00000121. The van der Waals surface area contributed by atoms with E-state index in [0.717, 1.165) is 0 Å². The zero-order chi connectivity index (χ0) is 8.48. The Morgan fingerprint density at radius 3 is 2.17 bits per heavy atom. The number of hydrogen-bond acceptors (Lipinski definition) is 1. The molecule has 0 aromatic heterocycles. The summed E-state index contributed by atoms with van der Waals surface area (Å²) < 4.78 is 0. The van der Waals surface area contributed by atoms with Crippen molar-refractivity contribution in [1.82, 2.24) is 0 Å². The molecule has 1 aromatic carbocycles. The van der Waals surface area contributed by atoms with E-state index in [-0.39, 0.29) is 30.0 Å². The van der Waals surface area contributed by atoms with E-state index in [1.807, 2.05) is 12.1 Å². The normalized spacial score (nSPS) is 10.6. The number of rotatable bonds is 0. The Morgan fingerprint density at radius 2 is 1.83 bits per heavy atom. The monoisotopic (exact) mass is 156 g/mol. The summed E-state index contributed by atoms with van der Waals surface area (Å²) in [4.78, 5) is 0. The molecule has 1 nitrogen and oxygen atoms in total. The van der Waals surface area contributed by atoms with Crippen LogP contribution in [0.4, 0.5) is 0 Å². The molecule has 0 saturated carbocycles. The molecule has 1 rings (SSSR count). The zero-order valence-corrected chi connectivity index (χ0v) is 8.18. The van der Waals surface area contributed by atoms with Gasteiger partial charge in [0.25, 0.3) is 0 Å².